The largest absolute Gasteiger partial charge is 0.350 e. The average molecular weight is 388 g/mol. The first-order chi connectivity index (χ1) is 14.1. The Bertz CT molecular complexity index is 1000. The number of amides is 1. The number of rotatable bonds is 6. The van der Waals surface area contributed by atoms with Crippen LogP contribution in [-0.2, 0) is 25.8 Å². The number of nitrogens with zero attached hydrogens (tertiary/aromatic N) is 2. The number of fused-ring (bicyclic) bond motifs is 1. The number of hydrogen-bond donors (Lipinski definition) is 1. The van der Waals surface area contributed by atoms with Crippen LogP contribution >= 0.6 is 0 Å². The van der Waals surface area contributed by atoms with Gasteiger partial charge in [0, 0.05) is 37.1 Å². The van der Waals surface area contributed by atoms with Gasteiger partial charge in [0.25, 0.3) is 5.91 Å². The van der Waals surface area contributed by atoms with Gasteiger partial charge in [0.2, 0.25) is 0 Å². The molecule has 4 heteroatoms. The van der Waals surface area contributed by atoms with Crippen molar-refractivity contribution < 1.29 is 4.79 Å². The zero-order valence-electron chi connectivity index (χ0n) is 17.4. The summed E-state index contributed by atoms with van der Waals surface area (Å²) in [4.78, 5) is 17.5. The third kappa shape index (κ3) is 4.26. The number of hydrogen-bond acceptors (Lipinski definition) is 2. The third-order valence-electron chi connectivity index (χ3n) is 5.87. The van der Waals surface area contributed by atoms with Crippen LogP contribution in [0.1, 0.15) is 57.0 Å². The zero-order valence-corrected chi connectivity index (χ0v) is 17.4. The van der Waals surface area contributed by atoms with Crippen molar-refractivity contribution in [3.63, 3.8) is 0 Å². The van der Waals surface area contributed by atoms with Crippen LogP contribution < -0.4 is 5.32 Å². The standard InChI is InChI=1S/C25H29N3O/c1-18-8-7-9-20(16-18)17-28-23-12-4-3-11-22(23)19(2)24(28)25(29)27-15-13-21-10-5-6-14-26-21/h5-10,14,16H,3-4,11-13,15,17H2,1-2H3,(H,27,29). The fourth-order valence-electron chi connectivity index (χ4n) is 4.47. The summed E-state index contributed by atoms with van der Waals surface area (Å²) in [5.41, 5.74) is 8.22. The molecule has 2 aromatic heterocycles. The molecule has 1 aliphatic rings. The Kier molecular flexibility index (Phi) is 5.79. The Morgan fingerprint density at radius 3 is 2.76 bits per heavy atom. The van der Waals surface area contributed by atoms with Crippen LogP contribution in [0.5, 0.6) is 0 Å². The van der Waals surface area contributed by atoms with Crippen LogP contribution in [0.3, 0.4) is 0 Å². The molecule has 0 unspecified atom stereocenters. The van der Waals surface area contributed by atoms with E-state index in [0.29, 0.717) is 6.54 Å². The summed E-state index contributed by atoms with van der Waals surface area (Å²) >= 11 is 0. The number of aryl methyl sites for hydroxylation is 1. The molecule has 29 heavy (non-hydrogen) atoms. The maximum Gasteiger partial charge on any atom is 0.268 e. The second-order valence-corrected chi connectivity index (χ2v) is 8.01. The summed E-state index contributed by atoms with van der Waals surface area (Å²) in [7, 11) is 0. The highest BCUT2D eigenvalue weighted by Gasteiger charge is 2.26. The van der Waals surface area contributed by atoms with Crippen molar-refractivity contribution in [1.29, 1.82) is 0 Å². The normalized spacial score (nSPS) is 13.2. The van der Waals surface area contributed by atoms with Crippen molar-refractivity contribution >= 4 is 5.91 Å². The van der Waals surface area contributed by atoms with E-state index in [4.69, 9.17) is 0 Å². The molecule has 0 saturated carbocycles. The molecule has 1 amide bonds. The Balaban J connectivity index is 1.59. The van der Waals surface area contributed by atoms with Crippen molar-refractivity contribution in [3.8, 4) is 0 Å². The second-order valence-electron chi connectivity index (χ2n) is 8.01. The van der Waals surface area contributed by atoms with E-state index >= 15 is 0 Å². The summed E-state index contributed by atoms with van der Waals surface area (Å²) in [6, 6.07) is 14.5. The highest BCUT2D eigenvalue weighted by atomic mass is 16.1. The predicted octanol–water partition coefficient (Wildman–Crippen LogP) is 4.40. The minimum atomic E-state index is 0.0282. The first kappa shape index (κ1) is 19.4. The molecule has 0 spiro atoms. The first-order valence-electron chi connectivity index (χ1n) is 10.6. The summed E-state index contributed by atoms with van der Waals surface area (Å²) < 4.78 is 2.27. The highest BCUT2D eigenvalue weighted by molar-refractivity contribution is 5.95. The molecule has 0 fully saturated rings. The maximum absolute atomic E-state index is 13.2. The van der Waals surface area contributed by atoms with Crippen molar-refractivity contribution in [2.45, 2.75) is 52.5 Å². The lowest BCUT2D eigenvalue weighted by Gasteiger charge is -2.17. The lowest BCUT2D eigenvalue weighted by Crippen LogP contribution is -2.29. The van der Waals surface area contributed by atoms with Crippen LogP contribution in [0.15, 0.2) is 48.7 Å². The molecule has 2 heterocycles. The van der Waals surface area contributed by atoms with E-state index in [0.717, 1.165) is 42.8 Å². The van der Waals surface area contributed by atoms with Gasteiger partial charge in [0.1, 0.15) is 5.69 Å². The Labute approximate surface area is 173 Å². The molecule has 0 atom stereocenters. The number of carbonyl (C=O) groups is 1. The van der Waals surface area contributed by atoms with Crippen LogP contribution in [0, 0.1) is 13.8 Å². The lowest BCUT2D eigenvalue weighted by molar-refractivity contribution is 0.0944. The number of carbonyl (C=O) groups excluding carboxylic acids is 1. The lowest BCUT2D eigenvalue weighted by atomic mass is 9.95. The molecule has 1 N–H and O–H groups in total. The van der Waals surface area contributed by atoms with Crippen molar-refractivity contribution in [2.75, 3.05) is 6.54 Å². The Hall–Kier alpha value is -2.88. The topological polar surface area (TPSA) is 46.9 Å². The van der Waals surface area contributed by atoms with Crippen LogP contribution in [0.2, 0.25) is 0 Å². The minimum absolute atomic E-state index is 0.0282. The predicted molar refractivity (Wildman–Crippen MR) is 116 cm³/mol. The number of aromatic nitrogens is 2. The van der Waals surface area contributed by atoms with Gasteiger partial charge in [-0.25, -0.2) is 0 Å². The van der Waals surface area contributed by atoms with Gasteiger partial charge in [-0.3, -0.25) is 9.78 Å². The fraction of sp³-hybridized carbons (Fsp3) is 0.360. The molecule has 0 radical (unpaired) electrons. The van der Waals surface area contributed by atoms with Crippen LogP contribution in [0.25, 0.3) is 0 Å². The van der Waals surface area contributed by atoms with Gasteiger partial charge < -0.3 is 9.88 Å². The van der Waals surface area contributed by atoms with Gasteiger partial charge >= 0.3 is 0 Å². The van der Waals surface area contributed by atoms with E-state index in [1.54, 1.807) is 6.20 Å². The SMILES string of the molecule is Cc1cccc(Cn2c3c(c(C)c2C(=O)NCCc2ccccn2)CCCC3)c1. The third-order valence-corrected chi connectivity index (χ3v) is 5.87. The molecule has 4 rings (SSSR count). The van der Waals surface area contributed by atoms with Gasteiger partial charge in [-0.05, 0) is 68.4 Å². The Morgan fingerprint density at radius 2 is 1.97 bits per heavy atom. The average Bonchev–Trinajstić information content (AvgIpc) is 3.01. The van der Waals surface area contributed by atoms with E-state index in [2.05, 4.69) is 53.0 Å². The van der Waals surface area contributed by atoms with Crippen molar-refractivity contribution in [2.24, 2.45) is 0 Å². The highest BCUT2D eigenvalue weighted by Crippen LogP contribution is 2.30. The van der Waals surface area contributed by atoms with E-state index in [1.807, 2.05) is 18.2 Å². The molecular weight excluding hydrogens is 358 g/mol. The Morgan fingerprint density at radius 1 is 1.10 bits per heavy atom. The van der Waals surface area contributed by atoms with Gasteiger partial charge in [0.05, 0.1) is 0 Å². The summed E-state index contributed by atoms with van der Waals surface area (Å²) in [5.74, 6) is 0.0282. The van der Waals surface area contributed by atoms with Gasteiger partial charge in [0.15, 0.2) is 0 Å². The molecule has 0 aliphatic heterocycles. The molecule has 150 valence electrons. The molecular formula is C25H29N3O. The molecule has 0 bridgehead atoms. The number of nitrogens with one attached hydrogen (secondary N) is 1. The second kappa shape index (κ2) is 8.64. The quantitative estimate of drug-likeness (QED) is 0.681. The molecule has 0 saturated heterocycles. The minimum Gasteiger partial charge on any atom is -0.350 e. The molecule has 3 aromatic rings. The van der Waals surface area contributed by atoms with Gasteiger partial charge in [-0.1, -0.05) is 35.9 Å². The monoisotopic (exact) mass is 387 g/mol. The van der Waals surface area contributed by atoms with Gasteiger partial charge in [-0.2, -0.15) is 0 Å². The van der Waals surface area contributed by atoms with Crippen LogP contribution in [0.4, 0.5) is 0 Å². The zero-order chi connectivity index (χ0) is 20.2. The maximum atomic E-state index is 13.2. The number of benzene rings is 1. The van der Waals surface area contributed by atoms with Gasteiger partial charge in [-0.15, -0.1) is 0 Å². The van der Waals surface area contributed by atoms with Crippen LogP contribution in [-0.4, -0.2) is 22.0 Å². The number of pyridine rings is 1. The summed E-state index contributed by atoms with van der Waals surface area (Å²) in [6.45, 7) is 5.58. The van der Waals surface area contributed by atoms with Crippen molar-refractivity contribution in [3.05, 3.63) is 88.0 Å². The first-order valence-corrected chi connectivity index (χ1v) is 10.6. The molecule has 1 aliphatic carbocycles. The summed E-state index contributed by atoms with van der Waals surface area (Å²) in [6.07, 6.45) is 7.08. The molecule has 4 nitrogen and oxygen atoms in total. The van der Waals surface area contributed by atoms with E-state index in [1.165, 1.54) is 35.2 Å². The van der Waals surface area contributed by atoms with E-state index in [-0.39, 0.29) is 5.91 Å². The molecule has 1 aromatic carbocycles. The van der Waals surface area contributed by atoms with E-state index in [9.17, 15) is 4.79 Å². The summed E-state index contributed by atoms with van der Waals surface area (Å²) in [5, 5.41) is 3.14. The van der Waals surface area contributed by atoms with Crippen molar-refractivity contribution in [1.82, 2.24) is 14.9 Å². The fourth-order valence-corrected chi connectivity index (χ4v) is 4.47. The smallest absolute Gasteiger partial charge is 0.268 e. The van der Waals surface area contributed by atoms with E-state index < -0.39 is 0 Å².